The quantitative estimate of drug-likeness (QED) is 0.369. The Kier molecular flexibility index (Phi) is 8.78. The van der Waals surface area contributed by atoms with Crippen LogP contribution in [0, 0.1) is 11.7 Å². The Bertz CT molecular complexity index is 1090. The Balaban J connectivity index is 1.18. The number of aliphatic carboxylic acids is 1. The van der Waals surface area contributed by atoms with Crippen LogP contribution in [-0.4, -0.2) is 40.7 Å². The van der Waals surface area contributed by atoms with Gasteiger partial charge in [0.1, 0.15) is 11.9 Å². The molecule has 1 heterocycles. The van der Waals surface area contributed by atoms with Gasteiger partial charge in [-0.3, -0.25) is 9.78 Å². The van der Waals surface area contributed by atoms with Crippen LogP contribution in [0.15, 0.2) is 28.7 Å². The first-order valence-corrected chi connectivity index (χ1v) is 13.3. The van der Waals surface area contributed by atoms with Gasteiger partial charge in [-0.15, -0.1) is 0 Å². The number of aromatic nitrogens is 1. The van der Waals surface area contributed by atoms with Gasteiger partial charge in [0.15, 0.2) is 0 Å². The number of nitrogens with one attached hydrogen (secondary N) is 1. The van der Waals surface area contributed by atoms with E-state index in [1.165, 1.54) is 30.2 Å². The Hall–Kier alpha value is -2.03. The Morgan fingerprint density at radius 1 is 1.23 bits per heavy atom. The Morgan fingerprint density at radius 2 is 2.00 bits per heavy atom. The van der Waals surface area contributed by atoms with Crippen molar-refractivity contribution in [2.75, 3.05) is 6.61 Å². The average Bonchev–Trinajstić information content (AvgIpc) is 2.81. The molecule has 6 nitrogen and oxygen atoms in total. The molecular formula is C26H29BrClFN2O4. The van der Waals surface area contributed by atoms with E-state index in [9.17, 15) is 19.1 Å². The number of aryl methyl sites for hydroxylation is 3. The summed E-state index contributed by atoms with van der Waals surface area (Å²) in [4.78, 5) is 28.9. The Morgan fingerprint density at radius 3 is 2.77 bits per heavy atom. The molecule has 0 unspecified atom stereocenters. The molecule has 0 bridgehead atoms. The van der Waals surface area contributed by atoms with Gasteiger partial charge in [0.05, 0.1) is 16.7 Å². The lowest BCUT2D eigenvalue weighted by Gasteiger charge is -2.35. The number of nitrogens with zero attached hydrogens (tertiary/aromatic N) is 1. The minimum absolute atomic E-state index is 0.0779. The number of benzene rings is 1. The number of carbonyl (C=O) groups excluding carboxylic acids is 1. The molecule has 9 heteroatoms. The summed E-state index contributed by atoms with van der Waals surface area (Å²) in [6.45, 7) is 0.190. The monoisotopic (exact) mass is 566 g/mol. The largest absolute Gasteiger partial charge is 0.480 e. The number of hydrogen-bond acceptors (Lipinski definition) is 4. The summed E-state index contributed by atoms with van der Waals surface area (Å²) in [5.74, 6) is -2.32. The van der Waals surface area contributed by atoms with E-state index in [0.717, 1.165) is 50.3 Å². The maximum Gasteiger partial charge on any atom is 0.326 e. The number of halogens is 3. The van der Waals surface area contributed by atoms with Crippen LogP contribution in [0.1, 0.15) is 65.8 Å². The lowest BCUT2D eigenvalue weighted by atomic mass is 9.79. The van der Waals surface area contributed by atoms with Gasteiger partial charge in [0.25, 0.3) is 5.91 Å². The van der Waals surface area contributed by atoms with Crippen molar-refractivity contribution in [1.82, 2.24) is 10.3 Å². The molecule has 0 radical (unpaired) electrons. The minimum Gasteiger partial charge on any atom is -0.480 e. The molecule has 2 aromatic rings. The van der Waals surface area contributed by atoms with Crippen LogP contribution in [0.25, 0.3) is 0 Å². The summed E-state index contributed by atoms with van der Waals surface area (Å²) < 4.78 is 20.3. The second kappa shape index (κ2) is 11.8. The first kappa shape index (κ1) is 26.0. The normalized spacial score (nSPS) is 20.0. The topological polar surface area (TPSA) is 88.5 Å². The van der Waals surface area contributed by atoms with Crippen LogP contribution < -0.4 is 5.32 Å². The van der Waals surface area contributed by atoms with Crippen molar-refractivity contribution in [1.29, 1.82) is 0 Å². The van der Waals surface area contributed by atoms with Gasteiger partial charge in [-0.1, -0.05) is 17.7 Å². The van der Waals surface area contributed by atoms with Gasteiger partial charge in [0.2, 0.25) is 0 Å². The smallest absolute Gasteiger partial charge is 0.326 e. The number of fused-ring (bicyclic) bond motifs is 1. The van der Waals surface area contributed by atoms with Crippen molar-refractivity contribution in [2.45, 2.75) is 69.9 Å². The van der Waals surface area contributed by atoms with E-state index < -0.39 is 23.7 Å². The molecule has 0 spiro atoms. The molecule has 1 saturated carbocycles. The highest BCUT2D eigenvalue weighted by Gasteiger charge is 2.31. The van der Waals surface area contributed by atoms with E-state index in [-0.39, 0.29) is 29.7 Å². The summed E-state index contributed by atoms with van der Waals surface area (Å²) >= 11 is 9.16. The molecule has 1 atom stereocenters. The highest BCUT2D eigenvalue weighted by molar-refractivity contribution is 9.10. The number of ether oxygens (including phenoxy) is 1. The molecule has 2 aliphatic rings. The molecule has 1 aromatic carbocycles. The maximum absolute atomic E-state index is 14.1. The zero-order valence-electron chi connectivity index (χ0n) is 19.4. The zero-order valence-corrected chi connectivity index (χ0v) is 21.7. The predicted octanol–water partition coefficient (Wildman–Crippen LogP) is 5.52. The number of carboxylic acids is 1. The van der Waals surface area contributed by atoms with Gasteiger partial charge >= 0.3 is 5.97 Å². The molecule has 0 aliphatic heterocycles. The first-order valence-electron chi connectivity index (χ1n) is 12.1. The fourth-order valence-corrected chi connectivity index (χ4v) is 5.31. The number of amides is 1. The number of rotatable bonds is 10. The van der Waals surface area contributed by atoms with Crippen LogP contribution >= 0.6 is 27.5 Å². The minimum atomic E-state index is -1.21. The second-order valence-corrected chi connectivity index (χ2v) is 10.6. The van der Waals surface area contributed by atoms with Crippen molar-refractivity contribution in [3.8, 4) is 0 Å². The molecule has 0 saturated heterocycles. The molecule has 188 valence electrons. The summed E-state index contributed by atoms with van der Waals surface area (Å²) in [6.07, 6.45) is 8.80. The summed E-state index contributed by atoms with van der Waals surface area (Å²) in [5.41, 5.74) is 3.45. The molecule has 1 aromatic heterocycles. The number of carbonyl (C=O) groups is 2. The highest BCUT2D eigenvalue weighted by atomic mass is 79.9. The van der Waals surface area contributed by atoms with E-state index in [1.807, 2.05) is 0 Å². The second-order valence-electron chi connectivity index (χ2n) is 9.36. The van der Waals surface area contributed by atoms with Gasteiger partial charge in [-0.25, -0.2) is 9.18 Å². The van der Waals surface area contributed by atoms with Crippen molar-refractivity contribution < 1.29 is 23.8 Å². The summed E-state index contributed by atoms with van der Waals surface area (Å²) in [6, 6.07) is 5.66. The van der Waals surface area contributed by atoms with Crippen LogP contribution in [0.3, 0.4) is 0 Å². The fraction of sp³-hybridized carbons (Fsp3) is 0.500. The number of hydrogen-bond donors (Lipinski definition) is 2. The first-order chi connectivity index (χ1) is 16.8. The Labute approximate surface area is 217 Å². The van der Waals surface area contributed by atoms with E-state index in [0.29, 0.717) is 10.4 Å². The van der Waals surface area contributed by atoms with E-state index in [2.05, 4.69) is 33.4 Å². The van der Waals surface area contributed by atoms with Crippen molar-refractivity contribution in [3.05, 3.63) is 62.1 Å². The lowest BCUT2D eigenvalue weighted by molar-refractivity contribution is -0.140. The van der Waals surface area contributed by atoms with E-state index >= 15 is 0 Å². The van der Waals surface area contributed by atoms with Gasteiger partial charge in [-0.05, 0) is 97.0 Å². The van der Waals surface area contributed by atoms with E-state index in [4.69, 9.17) is 21.3 Å². The lowest BCUT2D eigenvalue weighted by Crippen LogP contribution is -2.42. The van der Waals surface area contributed by atoms with Crippen molar-refractivity contribution in [3.63, 3.8) is 0 Å². The number of pyridine rings is 1. The molecule has 4 rings (SSSR count). The molecule has 35 heavy (non-hydrogen) atoms. The van der Waals surface area contributed by atoms with E-state index in [1.54, 1.807) is 0 Å². The fourth-order valence-electron chi connectivity index (χ4n) is 4.74. The van der Waals surface area contributed by atoms with Crippen LogP contribution in [0.2, 0.25) is 5.02 Å². The maximum atomic E-state index is 14.1. The number of carboxylic acid groups (broad SMARTS) is 1. The molecule has 2 N–H and O–H groups in total. The summed E-state index contributed by atoms with van der Waals surface area (Å²) in [7, 11) is 0. The van der Waals surface area contributed by atoms with Crippen LogP contribution in [0.4, 0.5) is 4.39 Å². The molecule has 1 fully saturated rings. The molecule has 2 aliphatic carbocycles. The molecular weight excluding hydrogens is 539 g/mol. The van der Waals surface area contributed by atoms with Gasteiger partial charge in [0, 0.05) is 28.9 Å². The predicted molar refractivity (Wildman–Crippen MR) is 134 cm³/mol. The third-order valence-electron chi connectivity index (χ3n) is 6.87. The van der Waals surface area contributed by atoms with Crippen molar-refractivity contribution in [2.24, 2.45) is 5.92 Å². The standard InChI is InChI=1S/C26H29BrClFN2O4/c27-19-9-10-20(29)23(24(19)28)25(32)31-22(26(33)34)11-12-35-18-13-15(14-18)5-7-17-8-6-16-3-1-2-4-21(16)30-17/h6,8-10,15,18,22H,1-5,7,11-14H2,(H,31,32)(H,33,34)/t15?,18?,22-/m0/s1. The third kappa shape index (κ3) is 6.60. The van der Waals surface area contributed by atoms with Gasteiger partial charge < -0.3 is 15.2 Å². The third-order valence-corrected chi connectivity index (χ3v) is 8.15. The van der Waals surface area contributed by atoms with Gasteiger partial charge in [-0.2, -0.15) is 0 Å². The molecule has 1 amide bonds. The average molecular weight is 568 g/mol. The van der Waals surface area contributed by atoms with Crippen LogP contribution in [0.5, 0.6) is 0 Å². The highest BCUT2D eigenvalue weighted by Crippen LogP contribution is 2.34. The van der Waals surface area contributed by atoms with Crippen LogP contribution in [-0.2, 0) is 28.8 Å². The SMILES string of the molecule is O=C(N[C@@H](CCOC1CC(CCc2ccc3c(n2)CCCC3)C1)C(=O)O)c1c(F)ccc(Br)c1Cl. The van der Waals surface area contributed by atoms with Crippen molar-refractivity contribution >= 4 is 39.4 Å². The zero-order chi connectivity index (χ0) is 24.9. The summed E-state index contributed by atoms with van der Waals surface area (Å²) in [5, 5.41) is 11.7.